The van der Waals surface area contributed by atoms with Crippen molar-refractivity contribution in [1.82, 2.24) is 19.8 Å². The van der Waals surface area contributed by atoms with Crippen LogP contribution >= 0.6 is 23.2 Å². The molecule has 41 heavy (non-hydrogen) atoms. The number of nitrogens with two attached hydrogens (primary N) is 1. The van der Waals surface area contributed by atoms with E-state index in [4.69, 9.17) is 33.7 Å². The molecule has 2 atom stereocenters. The molecule has 5 rings (SSSR count). The van der Waals surface area contributed by atoms with Crippen LogP contribution in [0.2, 0.25) is 10.0 Å². The highest BCUT2D eigenvalue weighted by Crippen LogP contribution is 2.37. The summed E-state index contributed by atoms with van der Waals surface area (Å²) in [6, 6.07) is 7.88. The SMILES string of the molecule is CC(C)(C)OC(=O)N1CCN(c2ccc(Cl)c(C(F)(F)F)n2)C(CN2CCc3c([nH]c4ccc(Cl)cc34)C2CN)C1. The van der Waals surface area contributed by atoms with Gasteiger partial charge in [0.15, 0.2) is 5.69 Å². The molecule has 2 aliphatic heterocycles. The number of anilines is 1. The smallest absolute Gasteiger partial charge is 0.434 e. The van der Waals surface area contributed by atoms with Crippen LogP contribution in [0, 0.1) is 0 Å². The number of alkyl halides is 3. The fraction of sp³-hybridized carbons (Fsp3) is 0.500. The summed E-state index contributed by atoms with van der Waals surface area (Å²) in [7, 11) is 0. The molecule has 0 saturated carbocycles. The van der Waals surface area contributed by atoms with Gasteiger partial charge in [-0.15, -0.1) is 0 Å². The maximum Gasteiger partial charge on any atom is 0.434 e. The molecule has 2 aromatic heterocycles. The summed E-state index contributed by atoms with van der Waals surface area (Å²) >= 11 is 12.1. The van der Waals surface area contributed by atoms with E-state index in [2.05, 4.69) is 14.9 Å². The minimum Gasteiger partial charge on any atom is -0.444 e. The summed E-state index contributed by atoms with van der Waals surface area (Å²) in [5.74, 6) is 0.151. The number of halogens is 5. The molecule has 4 heterocycles. The van der Waals surface area contributed by atoms with E-state index in [-0.39, 0.29) is 37.5 Å². The highest BCUT2D eigenvalue weighted by molar-refractivity contribution is 6.31. The second kappa shape index (κ2) is 11.2. The quantitative estimate of drug-likeness (QED) is 0.383. The van der Waals surface area contributed by atoms with Crippen LogP contribution in [0.15, 0.2) is 30.3 Å². The van der Waals surface area contributed by atoms with Gasteiger partial charge in [-0.3, -0.25) is 4.90 Å². The lowest BCUT2D eigenvalue weighted by atomic mass is 9.96. The molecule has 3 N–H and O–H groups in total. The first-order chi connectivity index (χ1) is 19.2. The van der Waals surface area contributed by atoms with Crippen LogP contribution in [0.25, 0.3) is 10.9 Å². The lowest BCUT2D eigenvalue weighted by Gasteiger charge is -2.46. The summed E-state index contributed by atoms with van der Waals surface area (Å²) in [6.07, 6.45) is -4.43. The Morgan fingerprint density at radius 3 is 2.59 bits per heavy atom. The van der Waals surface area contributed by atoms with E-state index in [9.17, 15) is 18.0 Å². The highest BCUT2D eigenvalue weighted by atomic mass is 35.5. The molecule has 1 amide bonds. The number of nitrogens with zero attached hydrogens (tertiary/aromatic N) is 4. The van der Waals surface area contributed by atoms with Crippen molar-refractivity contribution in [2.45, 2.75) is 51.1 Å². The van der Waals surface area contributed by atoms with Crippen molar-refractivity contribution in [2.24, 2.45) is 5.73 Å². The van der Waals surface area contributed by atoms with Gasteiger partial charge in [0.1, 0.15) is 11.4 Å². The van der Waals surface area contributed by atoms with E-state index in [1.807, 2.05) is 23.1 Å². The van der Waals surface area contributed by atoms with Crippen molar-refractivity contribution in [1.29, 1.82) is 0 Å². The van der Waals surface area contributed by atoms with Gasteiger partial charge in [0.25, 0.3) is 0 Å². The first-order valence-electron chi connectivity index (χ1n) is 13.5. The molecule has 13 heteroatoms. The fourth-order valence-electron chi connectivity index (χ4n) is 5.74. The van der Waals surface area contributed by atoms with E-state index >= 15 is 0 Å². The van der Waals surface area contributed by atoms with E-state index < -0.39 is 28.6 Å². The van der Waals surface area contributed by atoms with Crippen molar-refractivity contribution in [3.8, 4) is 0 Å². The maximum absolute atomic E-state index is 13.7. The van der Waals surface area contributed by atoms with Gasteiger partial charge in [-0.25, -0.2) is 9.78 Å². The minimum absolute atomic E-state index is 0.151. The lowest BCUT2D eigenvalue weighted by molar-refractivity contribution is -0.141. The number of amides is 1. The summed E-state index contributed by atoms with van der Waals surface area (Å²) in [6.45, 7) is 7.59. The van der Waals surface area contributed by atoms with Crippen LogP contribution < -0.4 is 10.6 Å². The number of ether oxygens (including phenoxy) is 1. The summed E-state index contributed by atoms with van der Waals surface area (Å²) in [5, 5.41) is 1.25. The molecule has 0 aliphatic carbocycles. The van der Waals surface area contributed by atoms with E-state index in [1.165, 1.54) is 17.7 Å². The van der Waals surface area contributed by atoms with E-state index in [0.717, 1.165) is 23.0 Å². The molecule has 3 aromatic rings. The lowest BCUT2D eigenvalue weighted by Crippen LogP contribution is -2.60. The number of aromatic amines is 1. The Morgan fingerprint density at radius 1 is 1.15 bits per heavy atom. The Bertz CT molecular complexity index is 1440. The van der Waals surface area contributed by atoms with Gasteiger partial charge in [0, 0.05) is 60.9 Å². The normalized spacial score (nSPS) is 20.4. The molecular formula is C28H33Cl2F3N6O2. The largest absolute Gasteiger partial charge is 0.444 e. The topological polar surface area (TPSA) is 90.7 Å². The van der Waals surface area contributed by atoms with Crippen LogP contribution in [0.3, 0.4) is 0 Å². The number of benzene rings is 1. The number of aromatic nitrogens is 2. The van der Waals surface area contributed by atoms with Gasteiger partial charge >= 0.3 is 12.3 Å². The average molecular weight is 614 g/mol. The molecule has 2 unspecified atom stereocenters. The van der Waals surface area contributed by atoms with Crippen molar-refractivity contribution >= 4 is 46.0 Å². The molecule has 0 bridgehead atoms. The molecule has 2 aliphatic rings. The van der Waals surface area contributed by atoms with Crippen molar-refractivity contribution < 1.29 is 22.7 Å². The summed E-state index contributed by atoms with van der Waals surface area (Å²) in [4.78, 5) is 26.1. The zero-order chi connectivity index (χ0) is 29.7. The third-order valence-electron chi connectivity index (χ3n) is 7.52. The summed E-state index contributed by atoms with van der Waals surface area (Å²) in [5.41, 5.74) is 7.63. The van der Waals surface area contributed by atoms with Gasteiger partial charge in [-0.05, 0) is 63.1 Å². The van der Waals surface area contributed by atoms with Crippen LogP contribution in [-0.2, 0) is 17.3 Å². The Balaban J connectivity index is 1.46. The molecule has 8 nitrogen and oxygen atoms in total. The molecule has 0 spiro atoms. The predicted octanol–water partition coefficient (Wildman–Crippen LogP) is 5.87. The second-order valence-electron chi connectivity index (χ2n) is 11.5. The Labute approximate surface area is 246 Å². The number of hydrogen-bond acceptors (Lipinski definition) is 6. The van der Waals surface area contributed by atoms with Crippen LogP contribution in [0.5, 0.6) is 0 Å². The van der Waals surface area contributed by atoms with Crippen LogP contribution in [-0.4, -0.2) is 76.8 Å². The number of fused-ring (bicyclic) bond motifs is 3. The first-order valence-corrected chi connectivity index (χ1v) is 14.2. The number of piperazine rings is 1. The third kappa shape index (κ3) is 6.23. The van der Waals surface area contributed by atoms with Crippen LogP contribution in [0.4, 0.5) is 23.8 Å². The Kier molecular flexibility index (Phi) is 8.10. The predicted molar refractivity (Wildman–Crippen MR) is 154 cm³/mol. The summed E-state index contributed by atoms with van der Waals surface area (Å²) < 4.78 is 46.6. The molecular weight excluding hydrogens is 580 g/mol. The zero-order valence-electron chi connectivity index (χ0n) is 23.1. The van der Waals surface area contributed by atoms with E-state index in [0.29, 0.717) is 24.7 Å². The number of H-pyrrole nitrogens is 1. The van der Waals surface area contributed by atoms with Gasteiger partial charge in [0.2, 0.25) is 0 Å². The van der Waals surface area contributed by atoms with Gasteiger partial charge in [-0.2, -0.15) is 13.2 Å². The maximum atomic E-state index is 13.7. The average Bonchev–Trinajstić information content (AvgIpc) is 3.25. The standard InChI is InChI=1S/C28H33Cl2F3N6O2/c1-27(2,3)41-26(40)38-10-11-39(23-7-5-20(30)25(36-23)28(31,32)33)17(15-38)14-37-9-8-18-19-12-16(29)4-6-21(19)35-24(18)22(37)13-34/h4-7,12,17,22,35H,8-11,13-15,34H2,1-3H3. The number of nitrogens with one attached hydrogen (secondary N) is 1. The van der Waals surface area contributed by atoms with Crippen molar-refractivity contribution in [3.05, 3.63) is 57.3 Å². The van der Waals surface area contributed by atoms with Gasteiger partial charge < -0.3 is 25.3 Å². The third-order valence-corrected chi connectivity index (χ3v) is 8.06. The molecule has 1 aromatic carbocycles. The Hall–Kier alpha value is -2.73. The van der Waals surface area contributed by atoms with Gasteiger partial charge in [-0.1, -0.05) is 23.2 Å². The van der Waals surface area contributed by atoms with Gasteiger partial charge in [0.05, 0.1) is 17.1 Å². The number of carbonyl (C=O) groups excluding carboxylic acids is 1. The molecule has 0 radical (unpaired) electrons. The minimum atomic E-state index is -4.70. The molecule has 1 fully saturated rings. The fourth-order valence-corrected chi connectivity index (χ4v) is 6.13. The zero-order valence-corrected chi connectivity index (χ0v) is 24.6. The number of carbonyl (C=O) groups is 1. The van der Waals surface area contributed by atoms with Crippen LogP contribution in [0.1, 0.15) is 43.8 Å². The van der Waals surface area contributed by atoms with E-state index in [1.54, 1.807) is 25.7 Å². The molecule has 1 saturated heterocycles. The van der Waals surface area contributed by atoms with Crippen molar-refractivity contribution in [3.63, 3.8) is 0 Å². The number of rotatable bonds is 4. The number of pyridine rings is 1. The molecule has 222 valence electrons. The number of hydrogen-bond donors (Lipinski definition) is 2. The monoisotopic (exact) mass is 612 g/mol. The second-order valence-corrected chi connectivity index (χ2v) is 12.3. The first kappa shape index (κ1) is 29.8. The highest BCUT2D eigenvalue weighted by Gasteiger charge is 2.39. The van der Waals surface area contributed by atoms with Crippen molar-refractivity contribution in [2.75, 3.05) is 44.2 Å². The Morgan fingerprint density at radius 2 is 1.90 bits per heavy atom.